The van der Waals surface area contributed by atoms with Crippen molar-refractivity contribution in [1.82, 2.24) is 0 Å². The van der Waals surface area contributed by atoms with E-state index in [2.05, 4.69) is 0 Å². The molecular weight excluding hydrogens is 276 g/mol. The van der Waals surface area contributed by atoms with Crippen LogP contribution in [0.4, 0.5) is 0 Å². The molecule has 0 radical (unpaired) electrons. The first-order valence-corrected chi connectivity index (χ1v) is 7.14. The summed E-state index contributed by atoms with van der Waals surface area (Å²) < 4.78 is 0. The Labute approximate surface area is 121 Å². The van der Waals surface area contributed by atoms with Crippen molar-refractivity contribution >= 4 is 35.2 Å². The molecule has 0 aliphatic carbocycles. The highest BCUT2D eigenvalue weighted by molar-refractivity contribution is 8.05. The van der Waals surface area contributed by atoms with Gasteiger partial charge in [0.2, 0.25) is 5.78 Å². The van der Waals surface area contributed by atoms with Crippen molar-refractivity contribution in [3.63, 3.8) is 0 Å². The Morgan fingerprint density at radius 2 is 1.84 bits per heavy atom. The van der Waals surface area contributed by atoms with Crippen LogP contribution < -0.4 is 0 Å². The van der Waals surface area contributed by atoms with Crippen LogP contribution in [0, 0.1) is 6.92 Å². The maximum atomic E-state index is 12.3. The minimum absolute atomic E-state index is 0.110. The fourth-order valence-electron chi connectivity index (χ4n) is 2.06. The van der Waals surface area contributed by atoms with Gasteiger partial charge in [-0.05, 0) is 42.3 Å². The first-order chi connectivity index (χ1) is 9.15. The van der Waals surface area contributed by atoms with Crippen LogP contribution in [0.1, 0.15) is 21.5 Å². The van der Waals surface area contributed by atoms with Crippen molar-refractivity contribution in [2.45, 2.75) is 11.8 Å². The third-order valence-corrected chi connectivity index (χ3v) is 4.58. The summed E-state index contributed by atoms with van der Waals surface area (Å²) in [6.45, 7) is 2.03. The second kappa shape index (κ2) is 4.87. The van der Waals surface area contributed by atoms with Gasteiger partial charge in [0.25, 0.3) is 0 Å². The lowest BCUT2D eigenvalue weighted by atomic mass is 10.1. The Bertz CT molecular complexity index is 686. The number of allylic oxidation sites excluding steroid dienone is 1. The van der Waals surface area contributed by atoms with Crippen molar-refractivity contribution in [2.24, 2.45) is 0 Å². The van der Waals surface area contributed by atoms with E-state index in [0.29, 0.717) is 5.02 Å². The molecular formula is C16H11ClOS. The van der Waals surface area contributed by atoms with Crippen molar-refractivity contribution < 1.29 is 4.79 Å². The number of fused-ring (bicyclic) bond motifs is 1. The maximum absolute atomic E-state index is 12.3. The number of carbonyl (C=O) groups is 1. The summed E-state index contributed by atoms with van der Waals surface area (Å²) in [6, 6.07) is 13.3. The molecule has 0 amide bonds. The summed E-state index contributed by atoms with van der Waals surface area (Å²) >= 11 is 7.41. The second-order valence-electron chi connectivity index (χ2n) is 4.44. The summed E-state index contributed by atoms with van der Waals surface area (Å²) in [6.07, 6.45) is 1.92. The van der Waals surface area contributed by atoms with Gasteiger partial charge in [-0.2, -0.15) is 0 Å². The molecule has 1 aliphatic rings. The molecule has 19 heavy (non-hydrogen) atoms. The van der Waals surface area contributed by atoms with Crippen molar-refractivity contribution in [1.29, 1.82) is 0 Å². The molecule has 0 saturated heterocycles. The molecule has 0 fully saturated rings. The number of Topliss-reactive ketones (excluding diaryl/α,β-unsaturated/α-hetero) is 1. The fourth-order valence-corrected chi connectivity index (χ4v) is 3.30. The van der Waals surface area contributed by atoms with Crippen LogP contribution in [0.15, 0.2) is 52.3 Å². The van der Waals surface area contributed by atoms with E-state index in [4.69, 9.17) is 11.6 Å². The molecule has 94 valence electrons. The second-order valence-corrected chi connectivity index (χ2v) is 5.93. The van der Waals surface area contributed by atoms with Gasteiger partial charge in [0, 0.05) is 15.5 Å². The van der Waals surface area contributed by atoms with Crippen LogP contribution >= 0.6 is 23.4 Å². The number of carbonyl (C=O) groups excluding carboxylic acids is 1. The van der Waals surface area contributed by atoms with Gasteiger partial charge >= 0.3 is 0 Å². The molecule has 1 nitrogen and oxygen atoms in total. The fraction of sp³-hybridized carbons (Fsp3) is 0.0625. The van der Waals surface area contributed by atoms with Gasteiger partial charge in [-0.15, -0.1) is 0 Å². The SMILES string of the molecule is Cc1cccc2c1S/C(=C/c1ccc(Cl)cc1)C2=O. The van der Waals surface area contributed by atoms with Crippen LogP contribution in [-0.4, -0.2) is 5.78 Å². The summed E-state index contributed by atoms with van der Waals surface area (Å²) in [5.41, 5.74) is 2.95. The number of rotatable bonds is 1. The Morgan fingerprint density at radius 1 is 1.11 bits per heavy atom. The first-order valence-electron chi connectivity index (χ1n) is 5.94. The minimum atomic E-state index is 0.110. The summed E-state index contributed by atoms with van der Waals surface area (Å²) in [5.74, 6) is 0.110. The largest absolute Gasteiger partial charge is 0.288 e. The molecule has 3 heteroatoms. The van der Waals surface area contributed by atoms with Gasteiger partial charge in [0.05, 0.1) is 4.91 Å². The van der Waals surface area contributed by atoms with Crippen LogP contribution in [-0.2, 0) is 0 Å². The predicted molar refractivity (Wildman–Crippen MR) is 80.8 cm³/mol. The number of ketones is 1. The monoisotopic (exact) mass is 286 g/mol. The molecule has 0 unspecified atom stereocenters. The Balaban J connectivity index is 2.00. The normalized spacial score (nSPS) is 15.9. The van der Waals surface area contributed by atoms with Gasteiger partial charge in [0.15, 0.2) is 0 Å². The third kappa shape index (κ3) is 2.34. The highest BCUT2D eigenvalue weighted by Crippen LogP contribution is 2.42. The number of aryl methyl sites for hydroxylation is 1. The molecule has 0 spiro atoms. The Morgan fingerprint density at radius 3 is 2.53 bits per heavy atom. The predicted octanol–water partition coefficient (Wildman–Crippen LogP) is 4.98. The number of benzene rings is 2. The van der Waals surface area contributed by atoms with E-state index in [1.54, 1.807) is 11.8 Å². The Kier molecular flexibility index (Phi) is 3.21. The lowest BCUT2D eigenvalue weighted by Crippen LogP contribution is -1.94. The van der Waals surface area contributed by atoms with Crippen LogP contribution in [0.2, 0.25) is 5.02 Å². The lowest BCUT2D eigenvalue weighted by Gasteiger charge is -1.98. The smallest absolute Gasteiger partial charge is 0.200 e. The maximum Gasteiger partial charge on any atom is 0.200 e. The summed E-state index contributed by atoms with van der Waals surface area (Å²) in [4.78, 5) is 14.2. The van der Waals surface area contributed by atoms with E-state index < -0.39 is 0 Å². The first kappa shape index (κ1) is 12.5. The number of hydrogen-bond acceptors (Lipinski definition) is 2. The molecule has 0 aromatic heterocycles. The topological polar surface area (TPSA) is 17.1 Å². The number of halogens is 1. The Hall–Kier alpha value is -1.51. The summed E-state index contributed by atoms with van der Waals surface area (Å²) in [5, 5.41) is 0.701. The van der Waals surface area contributed by atoms with Gasteiger partial charge in [-0.3, -0.25) is 4.79 Å². The molecule has 0 N–H and O–H groups in total. The molecule has 3 rings (SSSR count). The molecule has 1 aliphatic heterocycles. The lowest BCUT2D eigenvalue weighted by molar-refractivity contribution is 0.104. The van der Waals surface area contributed by atoms with E-state index in [1.807, 2.05) is 55.5 Å². The van der Waals surface area contributed by atoms with Crippen LogP contribution in [0.5, 0.6) is 0 Å². The van der Waals surface area contributed by atoms with Crippen LogP contribution in [0.3, 0.4) is 0 Å². The average molecular weight is 287 g/mol. The molecule has 1 heterocycles. The van der Waals surface area contributed by atoms with Crippen LogP contribution in [0.25, 0.3) is 6.08 Å². The standard InChI is InChI=1S/C16H11ClOS/c1-10-3-2-4-13-15(18)14(19-16(10)13)9-11-5-7-12(17)8-6-11/h2-9H,1H3/b14-9+. The number of hydrogen-bond donors (Lipinski definition) is 0. The zero-order chi connectivity index (χ0) is 13.4. The van der Waals surface area contributed by atoms with E-state index in [9.17, 15) is 4.79 Å². The van der Waals surface area contributed by atoms with E-state index in [1.165, 1.54) is 0 Å². The highest BCUT2D eigenvalue weighted by Gasteiger charge is 2.26. The minimum Gasteiger partial charge on any atom is -0.288 e. The molecule has 2 aromatic carbocycles. The zero-order valence-electron chi connectivity index (χ0n) is 10.3. The van der Waals surface area contributed by atoms with Crippen molar-refractivity contribution in [3.8, 4) is 0 Å². The molecule has 2 aromatic rings. The molecule has 0 saturated carbocycles. The molecule has 0 bridgehead atoms. The van der Waals surface area contributed by atoms with Crippen molar-refractivity contribution in [2.75, 3.05) is 0 Å². The molecule has 0 atom stereocenters. The summed E-state index contributed by atoms with van der Waals surface area (Å²) in [7, 11) is 0. The third-order valence-electron chi connectivity index (χ3n) is 3.06. The van der Waals surface area contributed by atoms with Gasteiger partial charge < -0.3 is 0 Å². The van der Waals surface area contributed by atoms with Crippen molar-refractivity contribution in [3.05, 3.63) is 69.1 Å². The van der Waals surface area contributed by atoms with E-state index in [0.717, 1.165) is 26.5 Å². The van der Waals surface area contributed by atoms with Gasteiger partial charge in [-0.1, -0.05) is 47.6 Å². The van der Waals surface area contributed by atoms with Gasteiger partial charge in [-0.25, -0.2) is 0 Å². The average Bonchev–Trinajstić information content (AvgIpc) is 2.72. The highest BCUT2D eigenvalue weighted by atomic mass is 35.5. The van der Waals surface area contributed by atoms with E-state index in [-0.39, 0.29) is 5.78 Å². The zero-order valence-corrected chi connectivity index (χ0v) is 11.9. The van der Waals surface area contributed by atoms with E-state index >= 15 is 0 Å². The number of thioether (sulfide) groups is 1. The van der Waals surface area contributed by atoms with Gasteiger partial charge in [0.1, 0.15) is 0 Å². The quantitative estimate of drug-likeness (QED) is 0.688.